The molecule has 2 heterocycles. The lowest BCUT2D eigenvalue weighted by Gasteiger charge is -2.32. The number of urea groups is 1. The first-order valence-electron chi connectivity index (χ1n) is 10.4. The number of carbonyl (C=O) groups excluding carboxylic acids is 2. The Morgan fingerprint density at radius 2 is 1.77 bits per heavy atom. The second kappa shape index (κ2) is 10.1. The fourth-order valence-corrected chi connectivity index (χ4v) is 4.18. The molecule has 6 nitrogen and oxygen atoms in total. The van der Waals surface area contributed by atoms with E-state index in [1.165, 1.54) is 0 Å². The van der Waals surface area contributed by atoms with Crippen molar-refractivity contribution in [3.8, 4) is 11.5 Å². The van der Waals surface area contributed by atoms with Gasteiger partial charge in [0.15, 0.2) is 0 Å². The van der Waals surface area contributed by atoms with E-state index in [1.807, 2.05) is 72.1 Å². The van der Waals surface area contributed by atoms with E-state index < -0.39 is 0 Å². The summed E-state index contributed by atoms with van der Waals surface area (Å²) in [5, 5.41) is 7.90. The Kier molecular flexibility index (Phi) is 6.84. The van der Waals surface area contributed by atoms with Crippen LogP contribution in [0.5, 0.6) is 11.5 Å². The molecule has 1 unspecified atom stereocenters. The number of nitrogens with zero attached hydrogens (tertiary/aromatic N) is 1. The van der Waals surface area contributed by atoms with Crippen LogP contribution in [0, 0.1) is 5.92 Å². The predicted molar refractivity (Wildman–Crippen MR) is 122 cm³/mol. The molecule has 3 amide bonds. The van der Waals surface area contributed by atoms with Gasteiger partial charge in [-0.05, 0) is 60.7 Å². The van der Waals surface area contributed by atoms with E-state index in [9.17, 15) is 9.59 Å². The van der Waals surface area contributed by atoms with E-state index in [-0.39, 0.29) is 17.9 Å². The van der Waals surface area contributed by atoms with Gasteiger partial charge < -0.3 is 20.3 Å². The summed E-state index contributed by atoms with van der Waals surface area (Å²) in [6.07, 6.45) is 1.59. The van der Waals surface area contributed by atoms with Crippen LogP contribution in [0.4, 0.5) is 10.5 Å². The number of ether oxygens (including phenoxy) is 1. The van der Waals surface area contributed by atoms with Crippen molar-refractivity contribution in [2.45, 2.75) is 19.4 Å². The van der Waals surface area contributed by atoms with E-state index in [0.29, 0.717) is 31.1 Å². The normalized spacial score (nSPS) is 15.9. The summed E-state index contributed by atoms with van der Waals surface area (Å²) in [6, 6.07) is 20.7. The van der Waals surface area contributed by atoms with Crippen molar-refractivity contribution in [2.75, 3.05) is 18.4 Å². The second-order valence-corrected chi connectivity index (χ2v) is 8.48. The topological polar surface area (TPSA) is 70.7 Å². The average molecular weight is 436 g/mol. The number of hydrogen-bond acceptors (Lipinski definition) is 4. The van der Waals surface area contributed by atoms with Crippen molar-refractivity contribution in [3.63, 3.8) is 0 Å². The summed E-state index contributed by atoms with van der Waals surface area (Å²) in [4.78, 5) is 28.1. The lowest BCUT2D eigenvalue weighted by Crippen LogP contribution is -2.47. The zero-order valence-corrected chi connectivity index (χ0v) is 17.9. The van der Waals surface area contributed by atoms with Crippen molar-refractivity contribution in [1.82, 2.24) is 10.2 Å². The van der Waals surface area contributed by atoms with Crippen LogP contribution in [0.2, 0.25) is 0 Å². The largest absolute Gasteiger partial charge is 0.457 e. The van der Waals surface area contributed by atoms with E-state index in [0.717, 1.165) is 23.5 Å². The Morgan fingerprint density at radius 3 is 2.52 bits per heavy atom. The maximum atomic E-state index is 12.8. The fourth-order valence-electron chi connectivity index (χ4n) is 3.54. The second-order valence-electron chi connectivity index (χ2n) is 7.45. The predicted octanol–water partition coefficient (Wildman–Crippen LogP) is 5.10. The van der Waals surface area contributed by atoms with Gasteiger partial charge in [0.2, 0.25) is 5.91 Å². The number of carbonyl (C=O) groups is 2. The zero-order chi connectivity index (χ0) is 21.5. The molecule has 1 atom stereocenters. The van der Waals surface area contributed by atoms with Gasteiger partial charge in [0.05, 0.1) is 12.5 Å². The lowest BCUT2D eigenvalue weighted by molar-refractivity contribution is -0.121. The highest BCUT2D eigenvalue weighted by Crippen LogP contribution is 2.24. The highest BCUT2D eigenvalue weighted by molar-refractivity contribution is 7.09. The zero-order valence-electron chi connectivity index (χ0n) is 17.1. The molecule has 1 saturated heterocycles. The molecule has 0 bridgehead atoms. The molecule has 0 spiro atoms. The van der Waals surface area contributed by atoms with Crippen LogP contribution in [0.1, 0.15) is 17.7 Å². The highest BCUT2D eigenvalue weighted by Gasteiger charge is 2.28. The highest BCUT2D eigenvalue weighted by atomic mass is 32.1. The van der Waals surface area contributed by atoms with Crippen LogP contribution in [-0.2, 0) is 11.3 Å². The van der Waals surface area contributed by atoms with Gasteiger partial charge in [-0.1, -0.05) is 24.3 Å². The Labute approximate surface area is 185 Å². The van der Waals surface area contributed by atoms with E-state index in [4.69, 9.17) is 4.74 Å². The van der Waals surface area contributed by atoms with Crippen molar-refractivity contribution < 1.29 is 14.3 Å². The minimum atomic E-state index is -0.221. The van der Waals surface area contributed by atoms with Gasteiger partial charge in [0.1, 0.15) is 11.5 Å². The molecule has 2 aromatic carbocycles. The molecule has 0 aliphatic carbocycles. The van der Waals surface area contributed by atoms with E-state index in [2.05, 4.69) is 10.6 Å². The molecule has 2 N–H and O–H groups in total. The number of para-hydroxylation sites is 1. The first kappa shape index (κ1) is 20.9. The lowest BCUT2D eigenvalue weighted by atomic mass is 9.97. The van der Waals surface area contributed by atoms with Crippen molar-refractivity contribution in [2.24, 2.45) is 5.92 Å². The van der Waals surface area contributed by atoms with E-state index >= 15 is 0 Å². The molecule has 0 radical (unpaired) electrons. The van der Waals surface area contributed by atoms with Crippen LogP contribution < -0.4 is 15.4 Å². The molecule has 4 rings (SSSR count). The summed E-state index contributed by atoms with van der Waals surface area (Å²) in [7, 11) is 0. The molecule has 1 aliphatic rings. The molecule has 7 heteroatoms. The summed E-state index contributed by atoms with van der Waals surface area (Å²) in [6.45, 7) is 1.62. The van der Waals surface area contributed by atoms with Gasteiger partial charge in [0.25, 0.3) is 0 Å². The third-order valence-electron chi connectivity index (χ3n) is 5.17. The van der Waals surface area contributed by atoms with Crippen LogP contribution in [0.15, 0.2) is 72.1 Å². The van der Waals surface area contributed by atoms with Crippen LogP contribution in [0.3, 0.4) is 0 Å². The average Bonchev–Trinajstić information content (AvgIpc) is 3.33. The van der Waals surface area contributed by atoms with Crippen LogP contribution >= 0.6 is 11.3 Å². The first-order chi connectivity index (χ1) is 15.2. The standard InChI is InChI=1S/C24H25N3O3S/c28-23(26-19-10-12-21(13-11-19)30-20-7-2-1-3-8-20)18-6-4-14-27(17-18)24(29)25-16-22-9-5-15-31-22/h1-3,5,7-13,15,18H,4,6,14,16-17H2,(H,25,29)(H,26,28). The minimum Gasteiger partial charge on any atom is -0.457 e. The number of anilines is 1. The Hall–Kier alpha value is -3.32. The van der Waals surface area contributed by atoms with Gasteiger partial charge in [-0.2, -0.15) is 0 Å². The molecule has 0 saturated carbocycles. The summed E-state index contributed by atoms with van der Waals surface area (Å²) < 4.78 is 5.78. The van der Waals surface area contributed by atoms with Crippen LogP contribution in [0.25, 0.3) is 0 Å². The summed E-state index contributed by atoms with van der Waals surface area (Å²) >= 11 is 1.61. The third kappa shape index (κ3) is 5.86. The minimum absolute atomic E-state index is 0.0625. The maximum Gasteiger partial charge on any atom is 0.317 e. The summed E-state index contributed by atoms with van der Waals surface area (Å²) in [5.41, 5.74) is 0.713. The number of piperidine rings is 1. The fraction of sp³-hybridized carbons (Fsp3) is 0.250. The Balaban J connectivity index is 1.28. The smallest absolute Gasteiger partial charge is 0.317 e. The van der Waals surface area contributed by atoms with Gasteiger partial charge in [0, 0.05) is 23.7 Å². The number of nitrogens with one attached hydrogen (secondary N) is 2. The van der Waals surface area contributed by atoms with Gasteiger partial charge in [-0.25, -0.2) is 4.79 Å². The number of hydrogen-bond donors (Lipinski definition) is 2. The molecular weight excluding hydrogens is 410 g/mol. The molecule has 31 heavy (non-hydrogen) atoms. The van der Waals surface area contributed by atoms with Crippen molar-refractivity contribution >= 4 is 29.0 Å². The number of thiophene rings is 1. The summed E-state index contributed by atoms with van der Waals surface area (Å²) in [5.74, 6) is 1.18. The van der Waals surface area contributed by atoms with Crippen molar-refractivity contribution in [1.29, 1.82) is 0 Å². The van der Waals surface area contributed by atoms with Gasteiger partial charge in [-0.3, -0.25) is 4.79 Å². The number of amides is 3. The van der Waals surface area contributed by atoms with Gasteiger partial charge in [-0.15, -0.1) is 11.3 Å². The Bertz CT molecular complexity index is 991. The monoisotopic (exact) mass is 435 g/mol. The SMILES string of the molecule is O=C(Nc1ccc(Oc2ccccc2)cc1)C1CCCN(C(=O)NCc2cccs2)C1. The molecule has 3 aromatic rings. The number of likely N-dealkylation sites (tertiary alicyclic amines) is 1. The molecule has 1 aromatic heterocycles. The quantitative estimate of drug-likeness (QED) is 0.566. The molecule has 1 aliphatic heterocycles. The first-order valence-corrected chi connectivity index (χ1v) is 11.2. The molecule has 1 fully saturated rings. The Morgan fingerprint density at radius 1 is 1.00 bits per heavy atom. The van der Waals surface area contributed by atoms with Gasteiger partial charge >= 0.3 is 6.03 Å². The third-order valence-corrected chi connectivity index (χ3v) is 6.05. The molecular formula is C24H25N3O3S. The molecule has 160 valence electrons. The number of benzene rings is 2. The van der Waals surface area contributed by atoms with E-state index in [1.54, 1.807) is 16.2 Å². The van der Waals surface area contributed by atoms with Crippen LogP contribution in [-0.4, -0.2) is 29.9 Å². The van der Waals surface area contributed by atoms with Crippen molar-refractivity contribution in [3.05, 3.63) is 77.0 Å². The number of rotatable bonds is 6. The maximum absolute atomic E-state index is 12.8.